The van der Waals surface area contributed by atoms with Crippen LogP contribution in [0.4, 0.5) is 5.69 Å². The molecule has 3 aromatic carbocycles. The Bertz CT molecular complexity index is 1420. The van der Waals surface area contributed by atoms with Crippen molar-refractivity contribution in [1.82, 2.24) is 4.98 Å². The van der Waals surface area contributed by atoms with E-state index in [1.807, 2.05) is 73.7 Å². The average molecular weight is 471 g/mol. The fourth-order valence-corrected chi connectivity index (χ4v) is 4.75. The van der Waals surface area contributed by atoms with Crippen LogP contribution in [0, 0.1) is 6.92 Å². The van der Waals surface area contributed by atoms with Crippen molar-refractivity contribution in [2.75, 3.05) is 18.1 Å². The number of halogens is 1. The van der Waals surface area contributed by atoms with Crippen LogP contribution >= 0.6 is 11.6 Å². The Morgan fingerprint density at radius 2 is 1.82 bits per heavy atom. The van der Waals surface area contributed by atoms with Gasteiger partial charge in [-0.25, -0.2) is 9.78 Å². The Hall–Kier alpha value is -3.70. The first-order valence-electron chi connectivity index (χ1n) is 11.2. The highest BCUT2D eigenvalue weighted by atomic mass is 35.5. The maximum absolute atomic E-state index is 13.3. The summed E-state index contributed by atoms with van der Waals surface area (Å²) in [5.41, 5.74) is 5.26. The maximum Gasteiger partial charge on any atom is 0.339 e. The molecule has 5 rings (SSSR count). The number of benzene rings is 3. The molecule has 1 amide bonds. The molecule has 0 radical (unpaired) electrons. The number of amides is 1. The van der Waals surface area contributed by atoms with E-state index in [-0.39, 0.29) is 12.5 Å². The molecule has 1 aliphatic heterocycles. The summed E-state index contributed by atoms with van der Waals surface area (Å²) in [5.74, 6) is -0.774. The van der Waals surface area contributed by atoms with Gasteiger partial charge in [0, 0.05) is 28.2 Å². The average Bonchev–Trinajstić information content (AvgIpc) is 2.86. The second-order valence-corrected chi connectivity index (χ2v) is 8.78. The number of carbonyl (C=O) groups is 2. The third-order valence-corrected chi connectivity index (χ3v) is 6.41. The Morgan fingerprint density at radius 1 is 1.03 bits per heavy atom. The van der Waals surface area contributed by atoms with Crippen LogP contribution in [-0.2, 0) is 16.0 Å². The van der Waals surface area contributed by atoms with Gasteiger partial charge in [0.1, 0.15) is 0 Å². The number of rotatable bonds is 4. The van der Waals surface area contributed by atoms with Gasteiger partial charge >= 0.3 is 5.97 Å². The first-order chi connectivity index (χ1) is 16.5. The molecule has 1 aromatic heterocycles. The number of hydrogen-bond donors (Lipinski definition) is 0. The van der Waals surface area contributed by atoms with E-state index in [9.17, 15) is 9.59 Å². The molecule has 170 valence electrons. The van der Waals surface area contributed by atoms with Gasteiger partial charge in [0.2, 0.25) is 0 Å². The molecule has 0 saturated carbocycles. The van der Waals surface area contributed by atoms with E-state index in [1.54, 1.807) is 11.0 Å². The second kappa shape index (κ2) is 9.27. The number of aromatic nitrogens is 1. The molecule has 0 spiro atoms. The highest BCUT2D eigenvalue weighted by Crippen LogP contribution is 2.32. The molecule has 0 aliphatic carbocycles. The summed E-state index contributed by atoms with van der Waals surface area (Å²) in [5, 5.41) is 1.27. The van der Waals surface area contributed by atoms with Gasteiger partial charge in [-0.1, -0.05) is 60.1 Å². The molecule has 0 unspecified atom stereocenters. The van der Waals surface area contributed by atoms with Crippen LogP contribution in [0.2, 0.25) is 5.02 Å². The van der Waals surface area contributed by atoms with Gasteiger partial charge in [0.25, 0.3) is 5.91 Å². The van der Waals surface area contributed by atoms with Crippen LogP contribution in [0.1, 0.15) is 27.9 Å². The summed E-state index contributed by atoms with van der Waals surface area (Å²) < 4.78 is 5.58. The lowest BCUT2D eigenvalue weighted by molar-refractivity contribution is -0.121. The van der Waals surface area contributed by atoms with Crippen molar-refractivity contribution in [2.24, 2.45) is 0 Å². The predicted octanol–water partition coefficient (Wildman–Crippen LogP) is 6.00. The molecule has 0 saturated heterocycles. The van der Waals surface area contributed by atoms with Crippen molar-refractivity contribution in [3.8, 4) is 11.3 Å². The predicted molar refractivity (Wildman–Crippen MR) is 134 cm³/mol. The van der Waals surface area contributed by atoms with Gasteiger partial charge in [-0.05, 0) is 55.2 Å². The van der Waals surface area contributed by atoms with Crippen LogP contribution in [0.15, 0.2) is 72.8 Å². The first-order valence-corrected chi connectivity index (χ1v) is 11.6. The third kappa shape index (κ3) is 4.15. The molecule has 0 N–H and O–H groups in total. The van der Waals surface area contributed by atoms with Gasteiger partial charge < -0.3 is 9.64 Å². The molecule has 34 heavy (non-hydrogen) atoms. The van der Waals surface area contributed by atoms with Crippen LogP contribution in [0.25, 0.3) is 22.2 Å². The zero-order chi connectivity index (χ0) is 23.7. The Morgan fingerprint density at radius 3 is 2.68 bits per heavy atom. The largest absolute Gasteiger partial charge is 0.452 e. The highest BCUT2D eigenvalue weighted by Gasteiger charge is 2.25. The summed E-state index contributed by atoms with van der Waals surface area (Å²) in [6.07, 6.45) is 1.82. The van der Waals surface area contributed by atoms with Crippen LogP contribution in [-0.4, -0.2) is 30.0 Å². The number of aryl methyl sites for hydroxylation is 1. The number of anilines is 1. The number of esters is 1. The molecule has 6 heteroatoms. The number of carbonyl (C=O) groups excluding carboxylic acids is 2. The topological polar surface area (TPSA) is 59.5 Å². The summed E-state index contributed by atoms with van der Waals surface area (Å²) in [7, 11) is 0. The Kier molecular flexibility index (Phi) is 6.03. The molecule has 2 heterocycles. The third-order valence-electron chi connectivity index (χ3n) is 6.18. The maximum atomic E-state index is 13.3. The first kappa shape index (κ1) is 22.1. The molecule has 0 bridgehead atoms. The van der Waals surface area contributed by atoms with Crippen LogP contribution < -0.4 is 4.90 Å². The molecular weight excluding hydrogens is 448 g/mol. The van der Waals surface area contributed by atoms with Gasteiger partial charge in [-0.15, -0.1) is 0 Å². The molecule has 4 aromatic rings. The highest BCUT2D eigenvalue weighted by molar-refractivity contribution is 6.30. The Labute approximate surface area is 202 Å². The van der Waals surface area contributed by atoms with Crippen molar-refractivity contribution < 1.29 is 14.3 Å². The van der Waals surface area contributed by atoms with Crippen molar-refractivity contribution in [3.63, 3.8) is 0 Å². The zero-order valence-electron chi connectivity index (χ0n) is 18.8. The smallest absolute Gasteiger partial charge is 0.339 e. The van der Waals surface area contributed by atoms with Gasteiger partial charge in [-0.3, -0.25) is 4.79 Å². The number of hydrogen-bond acceptors (Lipinski definition) is 4. The number of fused-ring (bicyclic) bond motifs is 2. The van der Waals surface area contributed by atoms with Gasteiger partial charge in [0.15, 0.2) is 6.61 Å². The minimum Gasteiger partial charge on any atom is -0.452 e. The van der Waals surface area contributed by atoms with Crippen molar-refractivity contribution >= 4 is 40.1 Å². The van der Waals surface area contributed by atoms with Gasteiger partial charge in [-0.2, -0.15) is 0 Å². The number of para-hydroxylation sites is 2. The van der Waals surface area contributed by atoms with E-state index in [4.69, 9.17) is 21.3 Å². The summed E-state index contributed by atoms with van der Waals surface area (Å²) in [6, 6.07) is 22.7. The van der Waals surface area contributed by atoms with Crippen molar-refractivity contribution in [2.45, 2.75) is 19.8 Å². The quantitative estimate of drug-likeness (QED) is 0.343. The monoisotopic (exact) mass is 470 g/mol. The molecule has 0 fully saturated rings. The standard InChI is InChI=1S/C28H23ClN2O3/c1-18-26(22-12-3-4-13-23(22)30-27(18)20-9-6-11-21(29)16-20)28(33)34-17-25(32)31-15-7-10-19-8-2-5-14-24(19)31/h2-6,8-9,11-14,16H,7,10,15,17H2,1H3. The van der Waals surface area contributed by atoms with Gasteiger partial charge in [0.05, 0.1) is 16.8 Å². The van der Waals surface area contributed by atoms with E-state index in [0.29, 0.717) is 39.3 Å². The summed E-state index contributed by atoms with van der Waals surface area (Å²) in [6.45, 7) is 2.13. The zero-order valence-corrected chi connectivity index (χ0v) is 19.5. The number of ether oxygens (including phenoxy) is 1. The minimum absolute atomic E-state index is 0.230. The SMILES string of the molecule is Cc1c(-c2cccc(Cl)c2)nc2ccccc2c1C(=O)OCC(=O)N1CCCc2ccccc21. The van der Waals surface area contributed by atoms with E-state index >= 15 is 0 Å². The second-order valence-electron chi connectivity index (χ2n) is 8.34. The van der Waals surface area contributed by atoms with Crippen molar-refractivity contribution in [1.29, 1.82) is 0 Å². The van der Waals surface area contributed by atoms with Crippen molar-refractivity contribution in [3.05, 3.63) is 94.5 Å². The number of pyridine rings is 1. The normalized spacial score (nSPS) is 12.9. The molecule has 1 aliphatic rings. The van der Waals surface area contributed by atoms with Crippen LogP contribution in [0.5, 0.6) is 0 Å². The van der Waals surface area contributed by atoms with E-state index in [1.165, 1.54) is 0 Å². The fraction of sp³-hybridized carbons (Fsp3) is 0.179. The number of nitrogens with zero attached hydrogens (tertiary/aromatic N) is 2. The Balaban J connectivity index is 1.46. The van der Waals surface area contributed by atoms with Crippen LogP contribution in [0.3, 0.4) is 0 Å². The van der Waals surface area contributed by atoms with E-state index in [2.05, 4.69) is 0 Å². The van der Waals surface area contributed by atoms with E-state index < -0.39 is 5.97 Å². The summed E-state index contributed by atoms with van der Waals surface area (Å²) >= 11 is 6.20. The van der Waals surface area contributed by atoms with E-state index in [0.717, 1.165) is 29.7 Å². The molecule has 0 atom stereocenters. The lowest BCUT2D eigenvalue weighted by Crippen LogP contribution is -2.38. The lowest BCUT2D eigenvalue weighted by Gasteiger charge is -2.29. The molecule has 5 nitrogen and oxygen atoms in total. The molecular formula is C28H23ClN2O3. The summed E-state index contributed by atoms with van der Waals surface area (Å²) in [4.78, 5) is 32.8. The fourth-order valence-electron chi connectivity index (χ4n) is 4.56. The lowest BCUT2D eigenvalue weighted by atomic mass is 9.98. The minimum atomic E-state index is -0.543.